The topological polar surface area (TPSA) is 97.3 Å². The lowest BCUT2D eigenvalue weighted by Gasteiger charge is -2.35. The molecule has 2 aromatic carbocycles. The van der Waals surface area contributed by atoms with Crippen molar-refractivity contribution in [1.29, 1.82) is 0 Å². The highest BCUT2D eigenvalue weighted by atomic mass is 16.4. The molecule has 2 aromatic rings. The summed E-state index contributed by atoms with van der Waals surface area (Å²) >= 11 is 0. The summed E-state index contributed by atoms with van der Waals surface area (Å²) in [6, 6.07) is 12.5. The Bertz CT molecular complexity index is 985. The predicted octanol–water partition coefficient (Wildman–Crippen LogP) is 2.91. The Kier molecular flexibility index (Phi) is 6.25. The van der Waals surface area contributed by atoms with Gasteiger partial charge in [-0.15, -0.1) is 0 Å². The number of Topliss-reactive ketones (excluding diaryl/α,β-unsaturated/α-hetero) is 1. The zero-order valence-electron chi connectivity index (χ0n) is 17.8. The minimum atomic E-state index is -1.24. The first-order chi connectivity index (χ1) is 14.5. The fraction of sp³-hybridized carbons (Fsp3) is 0.269. The Balaban J connectivity index is 1.97. The van der Waals surface area contributed by atoms with Gasteiger partial charge in [0, 0.05) is 11.1 Å². The van der Waals surface area contributed by atoms with E-state index >= 15 is 0 Å². The smallest absolute Gasteiger partial charge is 0.185 e. The van der Waals surface area contributed by atoms with Gasteiger partial charge in [-0.3, -0.25) is 4.79 Å². The molecule has 1 aliphatic rings. The van der Waals surface area contributed by atoms with E-state index in [1.54, 1.807) is 24.3 Å². The van der Waals surface area contributed by atoms with Gasteiger partial charge in [-0.25, -0.2) is 0 Å². The minimum Gasteiger partial charge on any atom is -0.545 e. The van der Waals surface area contributed by atoms with Crippen molar-refractivity contribution in [2.24, 2.45) is 11.3 Å². The van der Waals surface area contributed by atoms with Crippen molar-refractivity contribution < 1.29 is 24.6 Å². The lowest BCUT2D eigenvalue weighted by Crippen LogP contribution is -2.29. The third-order valence-electron chi connectivity index (χ3n) is 5.72. The number of aromatic carboxylic acids is 2. The van der Waals surface area contributed by atoms with Gasteiger partial charge in [0.2, 0.25) is 0 Å². The Morgan fingerprint density at radius 1 is 0.774 bits per heavy atom. The van der Waals surface area contributed by atoms with Crippen LogP contribution in [0.4, 0.5) is 0 Å². The van der Waals surface area contributed by atoms with Gasteiger partial charge in [-0.1, -0.05) is 69.3 Å². The standard InChI is InChI=1S/C26H26O5/c1-26(2,3)22-14-20(12-16-4-8-18(9-5-16)24(28)29)23(27)21(15-22)13-17-6-10-19(11-7-17)25(30)31/h4-13,22H,14-15H2,1-3H3,(H,28,29)(H,30,31)/p-2/b20-12-,21-13+. The summed E-state index contributed by atoms with van der Waals surface area (Å²) in [6.07, 6.45) is 4.88. The monoisotopic (exact) mass is 416 g/mol. The molecule has 3 rings (SSSR count). The molecule has 0 aromatic heterocycles. The molecule has 1 saturated carbocycles. The maximum atomic E-state index is 13.2. The highest BCUT2D eigenvalue weighted by Gasteiger charge is 2.34. The van der Waals surface area contributed by atoms with Gasteiger partial charge < -0.3 is 19.8 Å². The third-order valence-corrected chi connectivity index (χ3v) is 5.72. The number of carbonyl (C=O) groups excluding carboxylic acids is 3. The van der Waals surface area contributed by atoms with Gasteiger partial charge in [0.15, 0.2) is 5.78 Å². The SMILES string of the molecule is CC(C)(C)C1C/C(=C/c2ccc(C(=O)[O-])cc2)C(=O)/C(=C/c2ccc(C(=O)[O-])cc2)C1. The van der Waals surface area contributed by atoms with Crippen molar-refractivity contribution in [2.75, 3.05) is 0 Å². The van der Waals surface area contributed by atoms with E-state index in [1.165, 1.54) is 24.3 Å². The number of rotatable bonds is 4. The van der Waals surface area contributed by atoms with E-state index in [0.717, 1.165) is 11.1 Å². The second-order valence-corrected chi connectivity index (χ2v) is 8.96. The molecule has 0 saturated heterocycles. The predicted molar refractivity (Wildman–Crippen MR) is 115 cm³/mol. The van der Waals surface area contributed by atoms with E-state index in [1.807, 2.05) is 12.2 Å². The van der Waals surface area contributed by atoms with Gasteiger partial charge in [0.1, 0.15) is 0 Å². The van der Waals surface area contributed by atoms with Gasteiger partial charge in [0.05, 0.1) is 11.9 Å². The van der Waals surface area contributed by atoms with E-state index in [2.05, 4.69) is 20.8 Å². The van der Waals surface area contributed by atoms with Crippen LogP contribution in [0.5, 0.6) is 0 Å². The van der Waals surface area contributed by atoms with Crippen LogP contribution in [-0.4, -0.2) is 17.7 Å². The van der Waals surface area contributed by atoms with Crippen molar-refractivity contribution in [2.45, 2.75) is 33.6 Å². The number of carboxylic acids is 2. The van der Waals surface area contributed by atoms with Crippen molar-refractivity contribution in [3.63, 3.8) is 0 Å². The van der Waals surface area contributed by atoms with Crippen molar-refractivity contribution in [1.82, 2.24) is 0 Å². The summed E-state index contributed by atoms with van der Waals surface area (Å²) in [5.41, 5.74) is 3.00. The van der Waals surface area contributed by atoms with E-state index < -0.39 is 11.9 Å². The number of carboxylic acid groups (broad SMARTS) is 2. The molecule has 5 nitrogen and oxygen atoms in total. The second-order valence-electron chi connectivity index (χ2n) is 8.96. The normalized spacial score (nSPS) is 19.6. The van der Waals surface area contributed by atoms with Gasteiger partial charge in [-0.2, -0.15) is 0 Å². The molecule has 0 radical (unpaired) electrons. The summed E-state index contributed by atoms with van der Waals surface area (Å²) in [7, 11) is 0. The van der Waals surface area contributed by atoms with Crippen LogP contribution in [0, 0.1) is 11.3 Å². The van der Waals surface area contributed by atoms with Crippen LogP contribution in [0.1, 0.15) is 65.5 Å². The molecule has 0 amide bonds. The number of hydrogen-bond donors (Lipinski definition) is 0. The Hall–Kier alpha value is -3.47. The van der Waals surface area contributed by atoms with Crippen LogP contribution in [0.15, 0.2) is 59.7 Å². The molecule has 1 atom stereocenters. The summed E-state index contributed by atoms with van der Waals surface area (Å²) in [5.74, 6) is -2.28. The van der Waals surface area contributed by atoms with Gasteiger partial charge >= 0.3 is 0 Å². The fourth-order valence-electron chi connectivity index (χ4n) is 3.69. The number of allylic oxidation sites excluding steroid dienone is 2. The number of benzene rings is 2. The van der Waals surface area contributed by atoms with Crippen LogP contribution < -0.4 is 10.2 Å². The molecular weight excluding hydrogens is 392 g/mol. The molecule has 0 bridgehead atoms. The Labute approximate surface area is 181 Å². The van der Waals surface area contributed by atoms with Crippen LogP contribution in [-0.2, 0) is 4.79 Å². The van der Waals surface area contributed by atoms with E-state index in [0.29, 0.717) is 24.0 Å². The zero-order chi connectivity index (χ0) is 22.8. The lowest BCUT2D eigenvalue weighted by atomic mass is 9.68. The van der Waals surface area contributed by atoms with E-state index in [9.17, 15) is 24.6 Å². The van der Waals surface area contributed by atoms with Crippen molar-refractivity contribution in [3.8, 4) is 0 Å². The molecule has 0 heterocycles. The Morgan fingerprint density at radius 3 is 1.42 bits per heavy atom. The molecule has 0 N–H and O–H groups in total. The molecule has 5 heteroatoms. The maximum absolute atomic E-state index is 13.2. The third kappa shape index (κ3) is 5.37. The average Bonchev–Trinajstić information content (AvgIpc) is 2.71. The summed E-state index contributed by atoms with van der Waals surface area (Å²) < 4.78 is 0. The number of carbonyl (C=O) groups is 3. The van der Waals surface area contributed by atoms with Crippen LogP contribution in [0.2, 0.25) is 0 Å². The van der Waals surface area contributed by atoms with Gasteiger partial charge in [0.25, 0.3) is 0 Å². The number of hydrogen-bond acceptors (Lipinski definition) is 5. The maximum Gasteiger partial charge on any atom is 0.185 e. The molecular formula is C26H24O5-2. The highest BCUT2D eigenvalue weighted by Crippen LogP contribution is 2.41. The van der Waals surface area contributed by atoms with Crippen molar-refractivity contribution in [3.05, 3.63) is 81.9 Å². The Morgan fingerprint density at radius 2 is 1.13 bits per heavy atom. The van der Waals surface area contributed by atoms with Crippen LogP contribution in [0.25, 0.3) is 12.2 Å². The van der Waals surface area contributed by atoms with Crippen molar-refractivity contribution >= 4 is 29.9 Å². The van der Waals surface area contributed by atoms with Crippen LogP contribution >= 0.6 is 0 Å². The largest absolute Gasteiger partial charge is 0.545 e. The summed E-state index contributed by atoms with van der Waals surface area (Å²) in [6.45, 7) is 6.43. The molecule has 0 aliphatic heterocycles. The first-order valence-electron chi connectivity index (χ1n) is 10.1. The minimum absolute atomic E-state index is 0.0173. The molecule has 1 aliphatic carbocycles. The highest BCUT2D eigenvalue weighted by molar-refractivity contribution is 6.14. The average molecular weight is 416 g/mol. The second kappa shape index (κ2) is 8.72. The van der Waals surface area contributed by atoms with E-state index in [4.69, 9.17) is 0 Å². The first-order valence-corrected chi connectivity index (χ1v) is 10.1. The molecule has 0 spiro atoms. The van der Waals surface area contributed by atoms with E-state index in [-0.39, 0.29) is 28.2 Å². The summed E-state index contributed by atoms with van der Waals surface area (Å²) in [4.78, 5) is 35.1. The first kappa shape index (κ1) is 22.2. The van der Waals surface area contributed by atoms with Crippen LogP contribution in [0.3, 0.4) is 0 Å². The molecule has 160 valence electrons. The summed E-state index contributed by atoms with van der Waals surface area (Å²) in [5, 5.41) is 21.9. The number of ketones is 1. The quantitative estimate of drug-likeness (QED) is 0.714. The molecule has 1 unspecified atom stereocenters. The van der Waals surface area contributed by atoms with Gasteiger partial charge in [-0.05, 0) is 58.6 Å². The molecule has 1 fully saturated rings. The molecule has 31 heavy (non-hydrogen) atoms. The fourth-order valence-corrected chi connectivity index (χ4v) is 3.69. The lowest BCUT2D eigenvalue weighted by molar-refractivity contribution is -0.256. The zero-order valence-corrected chi connectivity index (χ0v) is 17.8.